The Labute approximate surface area is 140 Å². The van der Waals surface area contributed by atoms with Gasteiger partial charge in [0.2, 0.25) is 0 Å². The van der Waals surface area contributed by atoms with Crippen LogP contribution in [-0.4, -0.2) is 20.8 Å². The molecule has 2 aromatic carbocycles. The summed E-state index contributed by atoms with van der Waals surface area (Å²) in [5, 5.41) is 16.9. The van der Waals surface area contributed by atoms with E-state index in [1.165, 1.54) is 11.6 Å². The number of amides is 1. The number of nitrogens with zero attached hydrogens (tertiary/aromatic N) is 2. The van der Waals surface area contributed by atoms with Crippen molar-refractivity contribution in [2.45, 2.75) is 20.3 Å². The third-order valence-corrected chi connectivity index (χ3v) is 3.88. The number of benzene rings is 2. The van der Waals surface area contributed by atoms with Gasteiger partial charge in [-0.3, -0.25) is 4.79 Å². The first-order chi connectivity index (χ1) is 11.6. The van der Waals surface area contributed by atoms with Gasteiger partial charge in [-0.1, -0.05) is 36.8 Å². The number of aromatic hydroxyl groups is 1. The Kier molecular flexibility index (Phi) is 4.33. The zero-order valence-electron chi connectivity index (χ0n) is 13.7. The SMILES string of the molecule is CCc1c(C(=O)Nc2ccccc2O)cnn1-c1ccc(C)cc1. The van der Waals surface area contributed by atoms with Gasteiger partial charge < -0.3 is 10.4 Å². The highest BCUT2D eigenvalue weighted by Gasteiger charge is 2.18. The second kappa shape index (κ2) is 6.58. The van der Waals surface area contributed by atoms with Crippen molar-refractivity contribution in [2.24, 2.45) is 0 Å². The zero-order chi connectivity index (χ0) is 17.1. The van der Waals surface area contributed by atoms with Crippen molar-refractivity contribution < 1.29 is 9.90 Å². The molecule has 1 aromatic heterocycles. The monoisotopic (exact) mass is 321 g/mol. The van der Waals surface area contributed by atoms with Crippen LogP contribution < -0.4 is 5.32 Å². The lowest BCUT2D eigenvalue weighted by Gasteiger charge is -2.09. The number of aromatic nitrogens is 2. The number of carbonyl (C=O) groups is 1. The van der Waals surface area contributed by atoms with Gasteiger partial charge in [0.05, 0.1) is 28.8 Å². The smallest absolute Gasteiger partial charge is 0.259 e. The van der Waals surface area contributed by atoms with E-state index in [1.54, 1.807) is 29.1 Å². The van der Waals surface area contributed by atoms with Gasteiger partial charge in [-0.15, -0.1) is 0 Å². The first kappa shape index (κ1) is 15.8. The number of para-hydroxylation sites is 2. The molecular weight excluding hydrogens is 302 g/mol. The van der Waals surface area contributed by atoms with E-state index in [0.29, 0.717) is 17.7 Å². The Hall–Kier alpha value is -3.08. The molecule has 3 rings (SSSR count). The Morgan fingerprint density at radius 2 is 1.88 bits per heavy atom. The number of phenols is 1. The van der Waals surface area contributed by atoms with E-state index in [-0.39, 0.29) is 11.7 Å². The van der Waals surface area contributed by atoms with Gasteiger partial charge in [0.1, 0.15) is 5.75 Å². The minimum absolute atomic E-state index is 0.0369. The van der Waals surface area contributed by atoms with Gasteiger partial charge in [-0.05, 0) is 37.6 Å². The number of anilines is 1. The fourth-order valence-electron chi connectivity index (χ4n) is 2.58. The molecule has 0 atom stereocenters. The molecule has 1 amide bonds. The largest absolute Gasteiger partial charge is 0.506 e. The highest BCUT2D eigenvalue weighted by atomic mass is 16.3. The summed E-state index contributed by atoms with van der Waals surface area (Å²) in [4.78, 5) is 12.6. The minimum atomic E-state index is -0.285. The number of rotatable bonds is 4. The van der Waals surface area contributed by atoms with E-state index in [1.807, 2.05) is 38.1 Å². The van der Waals surface area contributed by atoms with Crippen molar-refractivity contribution >= 4 is 11.6 Å². The fourth-order valence-corrected chi connectivity index (χ4v) is 2.58. The Morgan fingerprint density at radius 1 is 1.17 bits per heavy atom. The summed E-state index contributed by atoms with van der Waals surface area (Å²) in [6.07, 6.45) is 2.23. The number of phenolic OH excluding ortho intramolecular Hbond substituents is 1. The average molecular weight is 321 g/mol. The van der Waals surface area contributed by atoms with Crippen molar-refractivity contribution in [3.63, 3.8) is 0 Å². The van der Waals surface area contributed by atoms with Crippen LogP contribution >= 0.6 is 0 Å². The highest BCUT2D eigenvalue weighted by molar-refractivity contribution is 6.05. The number of carbonyl (C=O) groups excluding carboxylic acids is 1. The summed E-state index contributed by atoms with van der Waals surface area (Å²) in [5.41, 5.74) is 3.79. The normalized spacial score (nSPS) is 10.6. The van der Waals surface area contributed by atoms with E-state index in [2.05, 4.69) is 10.4 Å². The molecule has 1 heterocycles. The van der Waals surface area contributed by atoms with Gasteiger partial charge in [0, 0.05) is 0 Å². The van der Waals surface area contributed by atoms with Gasteiger partial charge in [0.25, 0.3) is 5.91 Å². The number of aryl methyl sites for hydroxylation is 1. The molecule has 0 saturated heterocycles. The lowest BCUT2D eigenvalue weighted by atomic mass is 10.1. The van der Waals surface area contributed by atoms with E-state index in [0.717, 1.165) is 11.4 Å². The summed E-state index contributed by atoms with van der Waals surface area (Å²) < 4.78 is 1.78. The van der Waals surface area contributed by atoms with Crippen LogP contribution in [0.1, 0.15) is 28.5 Å². The van der Waals surface area contributed by atoms with Crippen LogP contribution in [0.5, 0.6) is 5.75 Å². The summed E-state index contributed by atoms with van der Waals surface area (Å²) in [7, 11) is 0. The lowest BCUT2D eigenvalue weighted by Crippen LogP contribution is -2.14. The molecular formula is C19H19N3O2. The van der Waals surface area contributed by atoms with Crippen LogP contribution in [0.15, 0.2) is 54.7 Å². The molecule has 3 aromatic rings. The molecule has 0 aliphatic carbocycles. The predicted octanol–water partition coefficient (Wildman–Crippen LogP) is 3.70. The Bertz CT molecular complexity index is 867. The quantitative estimate of drug-likeness (QED) is 0.720. The van der Waals surface area contributed by atoms with Crippen molar-refractivity contribution in [1.82, 2.24) is 9.78 Å². The molecule has 5 heteroatoms. The lowest BCUT2D eigenvalue weighted by molar-refractivity contribution is 0.102. The molecule has 2 N–H and O–H groups in total. The summed E-state index contributed by atoms with van der Waals surface area (Å²) in [5.74, 6) is -0.249. The molecule has 122 valence electrons. The molecule has 0 aliphatic rings. The first-order valence-corrected chi connectivity index (χ1v) is 7.83. The topological polar surface area (TPSA) is 67.2 Å². The van der Waals surface area contributed by atoms with Crippen molar-refractivity contribution in [1.29, 1.82) is 0 Å². The Balaban J connectivity index is 1.93. The standard InChI is InChI=1S/C19H19N3O2/c1-3-17-15(19(24)21-16-6-4-5-7-18(16)23)12-20-22(17)14-10-8-13(2)9-11-14/h4-12,23H,3H2,1-2H3,(H,21,24). The van der Waals surface area contributed by atoms with Crippen LogP contribution in [0.3, 0.4) is 0 Å². The molecule has 24 heavy (non-hydrogen) atoms. The highest BCUT2D eigenvalue weighted by Crippen LogP contribution is 2.23. The fraction of sp³-hybridized carbons (Fsp3) is 0.158. The van der Waals surface area contributed by atoms with Crippen LogP contribution in [0.4, 0.5) is 5.69 Å². The molecule has 0 radical (unpaired) electrons. The van der Waals surface area contributed by atoms with Crippen LogP contribution in [0.2, 0.25) is 0 Å². The summed E-state index contributed by atoms with van der Waals surface area (Å²) >= 11 is 0. The molecule has 0 aliphatic heterocycles. The average Bonchev–Trinajstić information content (AvgIpc) is 3.01. The maximum atomic E-state index is 12.6. The molecule has 0 unspecified atom stereocenters. The van der Waals surface area contributed by atoms with Crippen LogP contribution in [0.25, 0.3) is 5.69 Å². The molecule has 0 spiro atoms. The van der Waals surface area contributed by atoms with Gasteiger partial charge >= 0.3 is 0 Å². The summed E-state index contributed by atoms with van der Waals surface area (Å²) in [6.45, 7) is 4.01. The first-order valence-electron chi connectivity index (χ1n) is 7.83. The molecule has 0 saturated carbocycles. The van der Waals surface area contributed by atoms with Crippen molar-refractivity contribution in [2.75, 3.05) is 5.32 Å². The van der Waals surface area contributed by atoms with E-state index in [9.17, 15) is 9.90 Å². The maximum Gasteiger partial charge on any atom is 0.259 e. The number of hydrogen-bond donors (Lipinski definition) is 2. The van der Waals surface area contributed by atoms with E-state index < -0.39 is 0 Å². The van der Waals surface area contributed by atoms with Crippen molar-refractivity contribution in [3.8, 4) is 11.4 Å². The van der Waals surface area contributed by atoms with Crippen molar-refractivity contribution in [3.05, 3.63) is 71.5 Å². The van der Waals surface area contributed by atoms with Crippen LogP contribution in [-0.2, 0) is 6.42 Å². The third-order valence-electron chi connectivity index (χ3n) is 3.88. The second-order valence-electron chi connectivity index (χ2n) is 5.58. The number of nitrogens with one attached hydrogen (secondary N) is 1. The second-order valence-corrected chi connectivity index (χ2v) is 5.58. The zero-order valence-corrected chi connectivity index (χ0v) is 13.7. The van der Waals surface area contributed by atoms with Gasteiger partial charge in [0.15, 0.2) is 0 Å². The van der Waals surface area contributed by atoms with Gasteiger partial charge in [-0.25, -0.2) is 4.68 Å². The molecule has 0 bridgehead atoms. The van der Waals surface area contributed by atoms with Gasteiger partial charge in [-0.2, -0.15) is 5.10 Å². The van der Waals surface area contributed by atoms with Crippen LogP contribution in [0, 0.1) is 6.92 Å². The maximum absolute atomic E-state index is 12.6. The third kappa shape index (κ3) is 3.01. The predicted molar refractivity (Wildman–Crippen MR) is 93.7 cm³/mol. The summed E-state index contributed by atoms with van der Waals surface area (Å²) in [6, 6.07) is 14.6. The molecule has 0 fully saturated rings. The Morgan fingerprint density at radius 3 is 2.54 bits per heavy atom. The van der Waals surface area contributed by atoms with E-state index in [4.69, 9.17) is 0 Å². The van der Waals surface area contributed by atoms with E-state index >= 15 is 0 Å². The minimum Gasteiger partial charge on any atom is -0.506 e. The molecule has 5 nitrogen and oxygen atoms in total. The number of hydrogen-bond acceptors (Lipinski definition) is 3.